The van der Waals surface area contributed by atoms with Crippen LogP contribution >= 0.6 is 0 Å². The van der Waals surface area contributed by atoms with Crippen molar-refractivity contribution in [3.63, 3.8) is 0 Å². The molecule has 23 heavy (non-hydrogen) atoms. The standard InChI is InChI=1S/C20H36N2O/c1-19(2,3)16-12-15(14-22(9)11-10-21(7)8)18(23)17(13-16)20(4,5)6/h12-13,23H,10-11,14H2,1-9H3. The monoisotopic (exact) mass is 320 g/mol. The summed E-state index contributed by atoms with van der Waals surface area (Å²) in [4.78, 5) is 4.45. The van der Waals surface area contributed by atoms with Crippen molar-refractivity contribution in [2.24, 2.45) is 0 Å². The van der Waals surface area contributed by atoms with E-state index in [4.69, 9.17) is 0 Å². The molecule has 0 heterocycles. The van der Waals surface area contributed by atoms with Gasteiger partial charge in [-0.3, -0.25) is 0 Å². The van der Waals surface area contributed by atoms with E-state index in [1.807, 2.05) is 0 Å². The van der Waals surface area contributed by atoms with Crippen molar-refractivity contribution in [3.8, 4) is 5.75 Å². The fourth-order valence-corrected chi connectivity index (χ4v) is 2.56. The van der Waals surface area contributed by atoms with Crippen molar-refractivity contribution in [1.82, 2.24) is 9.80 Å². The first-order valence-electron chi connectivity index (χ1n) is 8.52. The van der Waals surface area contributed by atoms with Crippen LogP contribution in [0.5, 0.6) is 5.75 Å². The number of hydrogen-bond acceptors (Lipinski definition) is 3. The Bertz CT molecular complexity index is 522. The van der Waals surface area contributed by atoms with Crippen LogP contribution in [0.15, 0.2) is 12.1 Å². The third-order valence-electron chi connectivity index (χ3n) is 4.23. The van der Waals surface area contributed by atoms with E-state index < -0.39 is 0 Å². The lowest BCUT2D eigenvalue weighted by Crippen LogP contribution is -2.28. The topological polar surface area (TPSA) is 26.7 Å². The maximum Gasteiger partial charge on any atom is 0.123 e. The molecule has 1 N–H and O–H groups in total. The third kappa shape index (κ3) is 5.82. The maximum absolute atomic E-state index is 10.8. The van der Waals surface area contributed by atoms with Crippen LogP contribution in [0.25, 0.3) is 0 Å². The van der Waals surface area contributed by atoms with Gasteiger partial charge in [0, 0.05) is 25.2 Å². The number of likely N-dealkylation sites (N-methyl/N-ethyl adjacent to an activating group) is 2. The average Bonchev–Trinajstić information content (AvgIpc) is 2.36. The molecule has 0 aromatic heterocycles. The fraction of sp³-hybridized carbons (Fsp3) is 0.700. The number of rotatable bonds is 5. The summed E-state index contributed by atoms with van der Waals surface area (Å²) >= 11 is 0. The highest BCUT2D eigenvalue weighted by Crippen LogP contribution is 2.38. The largest absolute Gasteiger partial charge is 0.507 e. The second kappa shape index (κ2) is 7.23. The Balaban J connectivity index is 3.20. The molecule has 3 nitrogen and oxygen atoms in total. The Morgan fingerprint density at radius 1 is 0.870 bits per heavy atom. The van der Waals surface area contributed by atoms with Crippen LogP contribution in [0.4, 0.5) is 0 Å². The van der Waals surface area contributed by atoms with Crippen molar-refractivity contribution >= 4 is 0 Å². The lowest BCUT2D eigenvalue weighted by molar-refractivity contribution is 0.272. The lowest BCUT2D eigenvalue weighted by atomic mass is 9.79. The number of benzene rings is 1. The molecule has 0 amide bonds. The third-order valence-corrected chi connectivity index (χ3v) is 4.23. The molecule has 0 aliphatic heterocycles. The molecule has 1 rings (SSSR count). The predicted molar refractivity (Wildman–Crippen MR) is 100 cm³/mol. The summed E-state index contributed by atoms with van der Waals surface area (Å²) in [5.41, 5.74) is 3.37. The summed E-state index contributed by atoms with van der Waals surface area (Å²) in [5, 5.41) is 10.8. The lowest BCUT2D eigenvalue weighted by Gasteiger charge is -2.29. The van der Waals surface area contributed by atoms with Crippen LogP contribution in [-0.2, 0) is 17.4 Å². The number of hydrogen-bond donors (Lipinski definition) is 1. The zero-order valence-electron chi connectivity index (χ0n) is 16.6. The van der Waals surface area contributed by atoms with Crippen molar-refractivity contribution in [3.05, 3.63) is 28.8 Å². The summed E-state index contributed by atoms with van der Waals surface area (Å²) < 4.78 is 0. The van der Waals surface area contributed by atoms with E-state index in [1.165, 1.54) is 5.56 Å². The minimum atomic E-state index is -0.0672. The summed E-state index contributed by atoms with van der Waals surface area (Å²) in [6.45, 7) is 15.9. The molecule has 0 aliphatic carbocycles. The van der Waals surface area contributed by atoms with Crippen molar-refractivity contribution in [2.45, 2.75) is 58.9 Å². The molecule has 0 spiro atoms. The van der Waals surface area contributed by atoms with Gasteiger partial charge in [0.15, 0.2) is 0 Å². The predicted octanol–water partition coefficient (Wildman–Crippen LogP) is 3.98. The Kier molecular flexibility index (Phi) is 6.28. The maximum atomic E-state index is 10.8. The van der Waals surface area contributed by atoms with E-state index >= 15 is 0 Å². The van der Waals surface area contributed by atoms with Gasteiger partial charge in [0.2, 0.25) is 0 Å². The minimum absolute atomic E-state index is 0.0672. The summed E-state index contributed by atoms with van der Waals surface area (Å²) in [6.07, 6.45) is 0. The highest BCUT2D eigenvalue weighted by molar-refractivity contribution is 5.48. The van der Waals surface area contributed by atoms with Gasteiger partial charge in [-0.05, 0) is 43.1 Å². The van der Waals surface area contributed by atoms with Gasteiger partial charge in [0.25, 0.3) is 0 Å². The first-order chi connectivity index (χ1) is 10.3. The molecule has 1 aromatic carbocycles. The van der Waals surface area contributed by atoms with E-state index in [1.54, 1.807) is 0 Å². The van der Waals surface area contributed by atoms with E-state index in [2.05, 4.69) is 84.6 Å². The van der Waals surface area contributed by atoms with Gasteiger partial charge >= 0.3 is 0 Å². The first-order valence-corrected chi connectivity index (χ1v) is 8.52. The molecule has 0 unspecified atom stereocenters. The van der Waals surface area contributed by atoms with Crippen molar-refractivity contribution < 1.29 is 5.11 Å². The van der Waals surface area contributed by atoms with Crippen LogP contribution in [0.3, 0.4) is 0 Å². The first kappa shape index (κ1) is 20.0. The van der Waals surface area contributed by atoms with E-state index in [-0.39, 0.29) is 10.8 Å². The molecular formula is C20H36N2O. The van der Waals surface area contributed by atoms with Gasteiger partial charge in [0.1, 0.15) is 5.75 Å². The van der Waals surface area contributed by atoms with Crippen molar-refractivity contribution in [1.29, 1.82) is 0 Å². The minimum Gasteiger partial charge on any atom is -0.507 e. The highest BCUT2D eigenvalue weighted by Gasteiger charge is 2.25. The second-order valence-electron chi connectivity index (χ2n) is 9.07. The molecule has 0 radical (unpaired) electrons. The average molecular weight is 321 g/mol. The molecule has 0 saturated carbocycles. The molecule has 0 fully saturated rings. The summed E-state index contributed by atoms with van der Waals surface area (Å²) in [6, 6.07) is 4.36. The SMILES string of the molecule is CN(C)CCN(C)Cc1cc(C(C)(C)C)cc(C(C)(C)C)c1O. The Labute approximate surface area is 143 Å². The number of nitrogens with zero attached hydrogens (tertiary/aromatic N) is 2. The van der Waals surface area contributed by atoms with E-state index in [9.17, 15) is 5.11 Å². The highest BCUT2D eigenvalue weighted by atomic mass is 16.3. The van der Waals surface area contributed by atoms with Crippen molar-refractivity contribution in [2.75, 3.05) is 34.2 Å². The number of phenolic OH excluding ortho intramolecular Hbond substituents is 1. The normalized spacial score (nSPS) is 13.2. The number of phenols is 1. The molecule has 0 aliphatic rings. The van der Waals surface area contributed by atoms with Crippen LogP contribution in [-0.4, -0.2) is 49.1 Å². The molecule has 0 saturated heterocycles. The van der Waals surface area contributed by atoms with Gasteiger partial charge in [-0.1, -0.05) is 53.7 Å². The molecule has 1 aromatic rings. The Morgan fingerprint density at radius 2 is 1.43 bits per heavy atom. The molecule has 0 atom stereocenters. The van der Waals surface area contributed by atoms with Gasteiger partial charge in [0.05, 0.1) is 0 Å². The van der Waals surface area contributed by atoms with Crippen LogP contribution < -0.4 is 0 Å². The summed E-state index contributed by atoms with van der Waals surface area (Å²) in [5.74, 6) is 0.460. The van der Waals surface area contributed by atoms with Gasteiger partial charge in [-0.15, -0.1) is 0 Å². The molecule has 3 heteroatoms. The summed E-state index contributed by atoms with van der Waals surface area (Å²) in [7, 11) is 6.29. The fourth-order valence-electron chi connectivity index (χ4n) is 2.56. The quantitative estimate of drug-likeness (QED) is 0.889. The zero-order chi connectivity index (χ0) is 18.0. The Hall–Kier alpha value is -1.06. The van der Waals surface area contributed by atoms with E-state index in [0.717, 1.165) is 30.8 Å². The Morgan fingerprint density at radius 3 is 1.87 bits per heavy atom. The van der Waals surface area contributed by atoms with Gasteiger partial charge in [-0.25, -0.2) is 0 Å². The molecule has 132 valence electrons. The smallest absolute Gasteiger partial charge is 0.123 e. The van der Waals surface area contributed by atoms with Gasteiger partial charge in [-0.2, -0.15) is 0 Å². The molecule has 0 bridgehead atoms. The molecular weight excluding hydrogens is 284 g/mol. The van der Waals surface area contributed by atoms with Crippen LogP contribution in [0.2, 0.25) is 0 Å². The van der Waals surface area contributed by atoms with Crippen LogP contribution in [0.1, 0.15) is 58.2 Å². The second-order valence-corrected chi connectivity index (χ2v) is 9.07. The number of aromatic hydroxyl groups is 1. The van der Waals surface area contributed by atoms with Crippen LogP contribution in [0, 0.1) is 0 Å². The zero-order valence-corrected chi connectivity index (χ0v) is 16.6. The van der Waals surface area contributed by atoms with E-state index in [0.29, 0.717) is 5.75 Å². The van der Waals surface area contributed by atoms with Gasteiger partial charge < -0.3 is 14.9 Å².